The quantitative estimate of drug-likeness (QED) is 0.486. The SMILES string of the molecule is [H-].[Li+].c1ccc(Cc2ccc3c(c2)Cc2ccccc2-3)cc1. The van der Waals surface area contributed by atoms with E-state index in [4.69, 9.17) is 0 Å². The first-order valence-electron chi connectivity index (χ1n) is 7.14. The van der Waals surface area contributed by atoms with E-state index in [1.54, 1.807) is 0 Å². The fourth-order valence-corrected chi connectivity index (χ4v) is 3.14. The van der Waals surface area contributed by atoms with Crippen molar-refractivity contribution in [3.8, 4) is 11.1 Å². The summed E-state index contributed by atoms with van der Waals surface area (Å²) in [5.41, 5.74) is 8.54. The number of hydrogen-bond donors (Lipinski definition) is 0. The van der Waals surface area contributed by atoms with Crippen molar-refractivity contribution < 1.29 is 20.3 Å². The molecule has 0 N–H and O–H groups in total. The topological polar surface area (TPSA) is 0 Å². The van der Waals surface area contributed by atoms with Crippen LogP contribution in [-0.2, 0) is 12.8 Å². The number of fused-ring (bicyclic) bond motifs is 3. The van der Waals surface area contributed by atoms with Crippen LogP contribution in [0.5, 0.6) is 0 Å². The van der Waals surface area contributed by atoms with Gasteiger partial charge in [-0.3, -0.25) is 0 Å². The fourth-order valence-electron chi connectivity index (χ4n) is 3.14. The Morgan fingerprint density at radius 3 is 2.24 bits per heavy atom. The van der Waals surface area contributed by atoms with Gasteiger partial charge in [0.15, 0.2) is 0 Å². The summed E-state index contributed by atoms with van der Waals surface area (Å²) in [4.78, 5) is 0. The van der Waals surface area contributed by atoms with Gasteiger partial charge in [0.05, 0.1) is 0 Å². The molecule has 0 aliphatic heterocycles. The summed E-state index contributed by atoms with van der Waals surface area (Å²) < 4.78 is 0. The molecule has 0 amide bonds. The van der Waals surface area contributed by atoms with Crippen molar-refractivity contribution in [2.24, 2.45) is 0 Å². The smallest absolute Gasteiger partial charge is 1.00 e. The van der Waals surface area contributed by atoms with Gasteiger partial charge in [0.1, 0.15) is 0 Å². The molecule has 0 saturated heterocycles. The van der Waals surface area contributed by atoms with Crippen molar-refractivity contribution in [3.05, 3.63) is 95.1 Å². The summed E-state index contributed by atoms with van der Waals surface area (Å²) in [6.45, 7) is 0. The van der Waals surface area contributed by atoms with E-state index in [2.05, 4.69) is 72.8 Å². The first-order valence-corrected chi connectivity index (χ1v) is 7.14. The zero-order valence-corrected chi connectivity index (χ0v) is 12.3. The van der Waals surface area contributed by atoms with Crippen LogP contribution in [0.4, 0.5) is 0 Å². The first-order chi connectivity index (χ1) is 9.90. The van der Waals surface area contributed by atoms with Gasteiger partial charge in [-0.1, -0.05) is 72.8 Å². The van der Waals surface area contributed by atoms with Gasteiger partial charge in [-0.05, 0) is 46.2 Å². The average molecular weight is 264 g/mol. The zero-order chi connectivity index (χ0) is 13.4. The molecule has 3 aromatic rings. The first kappa shape index (κ1) is 14.2. The van der Waals surface area contributed by atoms with E-state index < -0.39 is 0 Å². The van der Waals surface area contributed by atoms with Crippen LogP contribution in [0.15, 0.2) is 72.8 Å². The molecule has 0 bridgehead atoms. The monoisotopic (exact) mass is 264 g/mol. The number of hydrogen-bond acceptors (Lipinski definition) is 0. The molecule has 1 aliphatic carbocycles. The Balaban J connectivity index is 0.000000882. The standard InChI is InChI=1S/C20H16.Li.H/c1-2-6-15(7-3-1)12-16-10-11-20-18(13-16)14-17-8-4-5-9-19(17)20;;/h1-11,13H,12,14H2;;/q;+1;-1. The third-order valence-corrected chi connectivity index (χ3v) is 4.11. The molecule has 3 aromatic carbocycles. The molecule has 4 rings (SSSR count). The number of rotatable bonds is 2. The molecule has 0 nitrogen and oxygen atoms in total. The molecule has 0 saturated carbocycles. The minimum Gasteiger partial charge on any atom is -1.00 e. The van der Waals surface area contributed by atoms with Gasteiger partial charge in [-0.2, -0.15) is 0 Å². The Kier molecular flexibility index (Phi) is 4.02. The maximum atomic E-state index is 2.38. The largest absolute Gasteiger partial charge is 1.00 e. The van der Waals surface area contributed by atoms with Gasteiger partial charge in [-0.15, -0.1) is 0 Å². The molecule has 0 aromatic heterocycles. The summed E-state index contributed by atoms with van der Waals surface area (Å²) in [6.07, 6.45) is 2.10. The molecule has 1 heteroatoms. The number of benzene rings is 3. The van der Waals surface area contributed by atoms with Gasteiger partial charge >= 0.3 is 18.9 Å². The minimum absolute atomic E-state index is 0. The molecule has 0 heterocycles. The van der Waals surface area contributed by atoms with Crippen LogP contribution >= 0.6 is 0 Å². The Morgan fingerprint density at radius 2 is 1.38 bits per heavy atom. The van der Waals surface area contributed by atoms with Crippen LogP contribution in [0.25, 0.3) is 11.1 Å². The molecule has 0 atom stereocenters. The van der Waals surface area contributed by atoms with Crippen molar-refractivity contribution in [1.29, 1.82) is 0 Å². The Morgan fingerprint density at radius 1 is 0.667 bits per heavy atom. The van der Waals surface area contributed by atoms with Gasteiger partial charge in [0.2, 0.25) is 0 Å². The summed E-state index contributed by atoms with van der Waals surface area (Å²) in [5, 5.41) is 0. The van der Waals surface area contributed by atoms with E-state index in [1.807, 2.05) is 0 Å². The van der Waals surface area contributed by atoms with Crippen LogP contribution < -0.4 is 18.9 Å². The Labute approximate surface area is 139 Å². The molecule has 0 unspecified atom stereocenters. The normalized spacial score (nSPS) is 11.4. The summed E-state index contributed by atoms with van der Waals surface area (Å²) in [6, 6.07) is 26.4. The van der Waals surface area contributed by atoms with E-state index >= 15 is 0 Å². The van der Waals surface area contributed by atoms with E-state index in [-0.39, 0.29) is 20.3 Å². The van der Waals surface area contributed by atoms with Crippen LogP contribution in [0, 0.1) is 0 Å². The van der Waals surface area contributed by atoms with Gasteiger partial charge < -0.3 is 1.43 Å². The second kappa shape index (κ2) is 5.94. The van der Waals surface area contributed by atoms with Gasteiger partial charge in [0.25, 0.3) is 0 Å². The molecule has 0 fully saturated rings. The molecule has 1 aliphatic rings. The van der Waals surface area contributed by atoms with Crippen molar-refractivity contribution in [2.45, 2.75) is 12.8 Å². The van der Waals surface area contributed by atoms with Crippen molar-refractivity contribution >= 4 is 0 Å². The van der Waals surface area contributed by atoms with Gasteiger partial charge in [-0.25, -0.2) is 0 Å². The molecule has 0 radical (unpaired) electrons. The average Bonchev–Trinajstić information content (AvgIpc) is 2.86. The maximum Gasteiger partial charge on any atom is 1.00 e. The molecular weight excluding hydrogens is 247 g/mol. The van der Waals surface area contributed by atoms with Crippen LogP contribution in [-0.4, -0.2) is 0 Å². The molecule has 0 spiro atoms. The Bertz CT molecular complexity index is 766. The second-order valence-electron chi connectivity index (χ2n) is 5.49. The van der Waals surface area contributed by atoms with Crippen molar-refractivity contribution in [2.75, 3.05) is 0 Å². The third kappa shape index (κ3) is 2.70. The fraction of sp³-hybridized carbons (Fsp3) is 0.100. The van der Waals surface area contributed by atoms with Crippen LogP contribution in [0.1, 0.15) is 23.7 Å². The van der Waals surface area contributed by atoms with E-state index in [9.17, 15) is 0 Å². The predicted octanol–water partition coefficient (Wildman–Crippen LogP) is 1.97. The van der Waals surface area contributed by atoms with Crippen LogP contribution in [0.2, 0.25) is 0 Å². The second-order valence-corrected chi connectivity index (χ2v) is 5.49. The maximum absolute atomic E-state index is 2.38. The van der Waals surface area contributed by atoms with Crippen molar-refractivity contribution in [1.82, 2.24) is 0 Å². The molecule has 98 valence electrons. The van der Waals surface area contributed by atoms with E-state index in [0.717, 1.165) is 12.8 Å². The summed E-state index contributed by atoms with van der Waals surface area (Å²) in [5.74, 6) is 0. The van der Waals surface area contributed by atoms with E-state index in [1.165, 1.54) is 33.4 Å². The van der Waals surface area contributed by atoms with E-state index in [0.29, 0.717) is 0 Å². The summed E-state index contributed by atoms with van der Waals surface area (Å²) in [7, 11) is 0. The third-order valence-electron chi connectivity index (χ3n) is 4.11. The molecular formula is C20H17Li. The van der Waals surface area contributed by atoms with Crippen molar-refractivity contribution in [3.63, 3.8) is 0 Å². The van der Waals surface area contributed by atoms with Crippen LogP contribution in [0.3, 0.4) is 0 Å². The zero-order valence-electron chi connectivity index (χ0n) is 13.3. The molecule has 21 heavy (non-hydrogen) atoms. The van der Waals surface area contributed by atoms with Gasteiger partial charge in [0, 0.05) is 0 Å². The Hall–Kier alpha value is -1.74. The predicted molar refractivity (Wildman–Crippen MR) is 85.0 cm³/mol. The minimum atomic E-state index is 0. The summed E-state index contributed by atoms with van der Waals surface area (Å²) >= 11 is 0.